The Hall–Kier alpha value is -3.69. The first kappa shape index (κ1) is 38.5. The fraction of sp³-hybridized carbons (Fsp3) is 0.459. The van der Waals surface area contributed by atoms with Crippen molar-refractivity contribution in [2.24, 2.45) is 4.99 Å². The number of carbonyl (C=O) groups excluding carboxylic acids is 1. The van der Waals surface area contributed by atoms with Crippen molar-refractivity contribution in [2.45, 2.75) is 40.2 Å². The number of hydrogen-bond donors (Lipinski definition) is 1. The summed E-state index contributed by atoms with van der Waals surface area (Å²) in [7, 11) is 0. The number of fused-ring (bicyclic) bond motifs is 3. The number of aromatic nitrogens is 3. The largest absolute Gasteiger partial charge is 0.491 e. The Morgan fingerprint density at radius 3 is 2.00 bits per heavy atom. The molecule has 0 spiro atoms. The van der Waals surface area contributed by atoms with Crippen LogP contribution in [0.2, 0.25) is 5.02 Å². The van der Waals surface area contributed by atoms with E-state index in [2.05, 4.69) is 29.4 Å². The number of benzene rings is 2. The summed E-state index contributed by atoms with van der Waals surface area (Å²) in [5.41, 5.74) is 4.54. The zero-order valence-electron chi connectivity index (χ0n) is 29.6. The van der Waals surface area contributed by atoms with Crippen molar-refractivity contribution < 1.29 is 33.2 Å². The first-order valence-corrected chi connectivity index (χ1v) is 18.3. The first-order valence-electron chi connectivity index (χ1n) is 17.1. The lowest BCUT2D eigenvalue weighted by Crippen LogP contribution is -2.17. The van der Waals surface area contributed by atoms with Crippen LogP contribution >= 0.6 is 22.9 Å². The van der Waals surface area contributed by atoms with Gasteiger partial charge in [0.1, 0.15) is 29.2 Å². The molecule has 1 N–H and O–H groups in total. The number of carbonyl (C=O) groups is 1. The van der Waals surface area contributed by atoms with Gasteiger partial charge in [-0.1, -0.05) is 23.7 Å². The topological polar surface area (TPSA) is 128 Å². The lowest BCUT2D eigenvalue weighted by atomic mass is 9.99. The van der Waals surface area contributed by atoms with Crippen LogP contribution in [0, 0.1) is 20.8 Å². The molecule has 274 valence electrons. The number of hydrogen-bond acceptors (Lipinski definition) is 11. The van der Waals surface area contributed by atoms with E-state index in [1.54, 1.807) is 11.3 Å². The summed E-state index contributed by atoms with van der Waals surface area (Å²) in [6, 6.07) is 14.3. The van der Waals surface area contributed by atoms with E-state index in [1.807, 2.05) is 66.9 Å². The lowest BCUT2D eigenvalue weighted by molar-refractivity contribution is -0.116. The van der Waals surface area contributed by atoms with Crippen LogP contribution in [0.15, 0.2) is 53.5 Å². The first-order chi connectivity index (χ1) is 24.9. The highest BCUT2D eigenvalue weighted by molar-refractivity contribution is 7.15. The minimum atomic E-state index is -0.557. The molecule has 2 aromatic carbocycles. The molecule has 0 aliphatic carbocycles. The molecule has 14 heteroatoms. The Balaban J connectivity index is 1.06. The Morgan fingerprint density at radius 2 is 1.39 bits per heavy atom. The summed E-state index contributed by atoms with van der Waals surface area (Å²) in [5.74, 6) is 1.86. The van der Waals surface area contributed by atoms with E-state index in [9.17, 15) is 4.79 Å². The third kappa shape index (κ3) is 10.9. The summed E-state index contributed by atoms with van der Waals surface area (Å²) in [4.78, 5) is 19.8. The highest BCUT2D eigenvalue weighted by Gasteiger charge is 2.32. The number of nitrogens with zero attached hydrogens (tertiary/aromatic N) is 4. The van der Waals surface area contributed by atoms with Gasteiger partial charge in [-0.3, -0.25) is 14.4 Å². The van der Waals surface area contributed by atoms with Crippen molar-refractivity contribution >= 4 is 40.2 Å². The van der Waals surface area contributed by atoms with Gasteiger partial charge in [0.2, 0.25) is 5.91 Å². The number of aliphatic imine (C=N–C) groups is 1. The van der Waals surface area contributed by atoms with Gasteiger partial charge in [-0.15, -0.1) is 21.5 Å². The zero-order valence-corrected chi connectivity index (χ0v) is 31.2. The van der Waals surface area contributed by atoms with E-state index in [4.69, 9.17) is 45.0 Å². The van der Waals surface area contributed by atoms with Gasteiger partial charge in [-0.05, 0) is 69.7 Å². The van der Waals surface area contributed by atoms with E-state index in [0.29, 0.717) is 95.0 Å². The van der Waals surface area contributed by atoms with Gasteiger partial charge in [-0.25, -0.2) is 0 Å². The van der Waals surface area contributed by atoms with Crippen LogP contribution in [-0.2, 0) is 28.5 Å². The number of thiophene rings is 1. The predicted octanol–water partition coefficient (Wildman–Crippen LogP) is 6.31. The molecule has 0 radical (unpaired) electrons. The Labute approximate surface area is 308 Å². The minimum Gasteiger partial charge on any atom is -0.491 e. The molecule has 51 heavy (non-hydrogen) atoms. The highest BCUT2D eigenvalue weighted by Crippen LogP contribution is 2.39. The van der Waals surface area contributed by atoms with Crippen molar-refractivity contribution in [1.82, 2.24) is 14.8 Å². The number of halogens is 1. The quantitative estimate of drug-likeness (QED) is 0.0979. The van der Waals surface area contributed by atoms with Crippen molar-refractivity contribution in [3.63, 3.8) is 0 Å². The van der Waals surface area contributed by atoms with Crippen LogP contribution in [0.1, 0.15) is 52.6 Å². The van der Waals surface area contributed by atoms with Crippen molar-refractivity contribution in [2.75, 3.05) is 78.0 Å². The van der Waals surface area contributed by atoms with Crippen molar-refractivity contribution in [3.05, 3.63) is 86.8 Å². The summed E-state index contributed by atoms with van der Waals surface area (Å²) in [6.07, 6.45) is 0.0822. The monoisotopic (exact) mass is 739 g/mol. The molecule has 4 aromatic rings. The third-order valence-corrected chi connectivity index (χ3v) is 9.51. The van der Waals surface area contributed by atoms with Gasteiger partial charge in [0.15, 0.2) is 5.82 Å². The van der Waals surface area contributed by atoms with Crippen LogP contribution in [0.4, 0.5) is 5.69 Å². The van der Waals surface area contributed by atoms with Crippen LogP contribution in [0.5, 0.6) is 5.75 Å². The van der Waals surface area contributed by atoms with Crippen LogP contribution < -0.4 is 10.1 Å². The molecule has 1 aliphatic rings. The number of rotatable bonds is 21. The van der Waals surface area contributed by atoms with Gasteiger partial charge < -0.3 is 33.7 Å². The van der Waals surface area contributed by atoms with E-state index < -0.39 is 6.04 Å². The minimum absolute atomic E-state index is 0.0822. The second-order valence-corrected chi connectivity index (χ2v) is 13.3. The average Bonchev–Trinajstić information content (AvgIpc) is 3.60. The maximum Gasteiger partial charge on any atom is 0.227 e. The molecule has 1 atom stereocenters. The number of nitrogens with one attached hydrogen (secondary N) is 1. The van der Waals surface area contributed by atoms with E-state index in [0.717, 1.165) is 33.2 Å². The predicted molar refractivity (Wildman–Crippen MR) is 198 cm³/mol. The fourth-order valence-electron chi connectivity index (χ4n) is 5.40. The normalized spacial score (nSPS) is 13.7. The standard InChI is InChI=1S/C37H46ClN5O7S/c1-5-45-14-15-46-16-17-47-18-19-48-20-21-49-22-23-50-31-12-10-30(11-13-31)39-33(44)24-32-36-42-41-27(4)43(36)37-34(25(2)26(3)51-37)35(40-32)28-6-8-29(38)9-7-28/h6-13,32H,5,14-24H2,1-4H3,(H,39,44)/t32-/m0/s1. The zero-order chi connectivity index (χ0) is 36.0. The van der Waals surface area contributed by atoms with Crippen LogP contribution in [-0.4, -0.2) is 99.1 Å². The SMILES string of the molecule is CCOCCOCCOCCOCCOCCOc1ccc(NC(=O)C[C@@H]2N=C(c3ccc(Cl)cc3)c3c(sc(C)c3C)-n3c(C)nnc32)cc1. The molecular weight excluding hydrogens is 694 g/mol. The smallest absolute Gasteiger partial charge is 0.227 e. The lowest BCUT2D eigenvalue weighted by Gasteiger charge is -2.13. The maximum absolute atomic E-state index is 13.4. The van der Waals surface area contributed by atoms with Gasteiger partial charge in [-0.2, -0.15) is 0 Å². The van der Waals surface area contributed by atoms with E-state index in [1.165, 1.54) is 4.88 Å². The van der Waals surface area contributed by atoms with E-state index >= 15 is 0 Å². The molecule has 2 aromatic heterocycles. The van der Waals surface area contributed by atoms with Crippen molar-refractivity contribution in [3.8, 4) is 10.8 Å². The Morgan fingerprint density at radius 1 is 0.804 bits per heavy atom. The molecule has 0 saturated heterocycles. The van der Waals surface area contributed by atoms with Gasteiger partial charge >= 0.3 is 0 Å². The molecule has 12 nitrogen and oxygen atoms in total. The summed E-state index contributed by atoms with van der Waals surface area (Å²) in [5, 5.41) is 13.5. The maximum atomic E-state index is 13.4. The van der Waals surface area contributed by atoms with Crippen LogP contribution in [0.3, 0.4) is 0 Å². The summed E-state index contributed by atoms with van der Waals surface area (Å²) < 4.78 is 35.0. The molecular formula is C37H46ClN5O7S. The number of ether oxygens (including phenoxy) is 6. The number of anilines is 1. The molecule has 3 heterocycles. The Bertz CT molecular complexity index is 1730. The molecule has 1 aliphatic heterocycles. The number of aryl methyl sites for hydroxylation is 2. The second-order valence-electron chi connectivity index (χ2n) is 11.7. The Kier molecular flexibility index (Phi) is 15.0. The molecule has 5 rings (SSSR count). The van der Waals surface area contributed by atoms with Gasteiger partial charge in [0, 0.05) is 33.3 Å². The molecule has 0 saturated carbocycles. The fourth-order valence-corrected chi connectivity index (χ4v) is 6.74. The van der Waals surface area contributed by atoms with Crippen LogP contribution in [0.25, 0.3) is 5.00 Å². The highest BCUT2D eigenvalue weighted by atomic mass is 35.5. The summed E-state index contributed by atoms with van der Waals surface area (Å²) >= 11 is 7.90. The number of amides is 1. The summed E-state index contributed by atoms with van der Waals surface area (Å²) in [6.45, 7) is 13.8. The van der Waals surface area contributed by atoms with Crippen molar-refractivity contribution in [1.29, 1.82) is 0 Å². The average molecular weight is 740 g/mol. The van der Waals surface area contributed by atoms with Gasteiger partial charge in [0.25, 0.3) is 0 Å². The molecule has 1 amide bonds. The molecule has 0 unspecified atom stereocenters. The van der Waals surface area contributed by atoms with E-state index in [-0.39, 0.29) is 12.3 Å². The second kappa shape index (κ2) is 19.8. The molecule has 0 fully saturated rings. The molecule has 0 bridgehead atoms. The third-order valence-electron chi connectivity index (χ3n) is 8.06. The van der Waals surface area contributed by atoms with Gasteiger partial charge in [0.05, 0.1) is 71.6 Å².